The summed E-state index contributed by atoms with van der Waals surface area (Å²) in [4.78, 5) is 25.8. The van der Waals surface area contributed by atoms with Crippen molar-refractivity contribution >= 4 is 29.6 Å². The number of hydrogen-bond acceptors (Lipinski definition) is 6. The molecule has 1 aromatic heterocycles. The van der Waals surface area contributed by atoms with E-state index in [0.717, 1.165) is 49.9 Å². The third-order valence-electron chi connectivity index (χ3n) is 4.45. The number of aromatic nitrogens is 3. The molecule has 0 aromatic carbocycles. The summed E-state index contributed by atoms with van der Waals surface area (Å²) >= 11 is 1.35. The van der Waals surface area contributed by atoms with E-state index >= 15 is 0 Å². The number of rotatable bonds is 6. The molecule has 2 aliphatic carbocycles. The van der Waals surface area contributed by atoms with Crippen molar-refractivity contribution in [3.63, 3.8) is 0 Å². The van der Waals surface area contributed by atoms with Gasteiger partial charge in [0.15, 0.2) is 5.16 Å². The molecule has 0 atom stereocenters. The molecule has 1 aromatic rings. The molecule has 1 aliphatic heterocycles. The first kappa shape index (κ1) is 15.7. The van der Waals surface area contributed by atoms with E-state index in [0.29, 0.717) is 6.04 Å². The predicted molar refractivity (Wildman–Crippen MR) is 90.2 cm³/mol. The number of carbonyl (C=O) groups is 2. The Morgan fingerprint density at radius 1 is 1.12 bits per heavy atom. The van der Waals surface area contributed by atoms with Gasteiger partial charge in [-0.15, -0.1) is 10.2 Å². The van der Waals surface area contributed by atoms with Gasteiger partial charge >= 0.3 is 6.03 Å². The second-order valence-corrected chi connectivity index (χ2v) is 7.60. The molecule has 130 valence electrons. The van der Waals surface area contributed by atoms with Crippen molar-refractivity contribution in [2.75, 3.05) is 23.7 Å². The quantitative estimate of drug-likeness (QED) is 0.751. The standard InChI is InChI=1S/C15H22N6O2S/c22-12(17-13(23)16-10-3-4-10)9-24-15-19-18-14(20-7-1-2-8-20)21(15)11-5-6-11/h10-11H,1-9H2,(H2,16,17,22,23). The van der Waals surface area contributed by atoms with Crippen LogP contribution in [-0.2, 0) is 4.79 Å². The molecule has 9 heteroatoms. The number of nitrogens with zero attached hydrogens (tertiary/aromatic N) is 4. The van der Waals surface area contributed by atoms with Crippen molar-refractivity contribution in [1.82, 2.24) is 25.4 Å². The van der Waals surface area contributed by atoms with Crippen LogP contribution in [0.25, 0.3) is 0 Å². The molecule has 4 rings (SSSR count). The van der Waals surface area contributed by atoms with Gasteiger partial charge in [-0.3, -0.25) is 14.7 Å². The van der Waals surface area contributed by atoms with E-state index in [4.69, 9.17) is 0 Å². The van der Waals surface area contributed by atoms with Crippen LogP contribution in [0.4, 0.5) is 10.7 Å². The number of urea groups is 1. The zero-order valence-electron chi connectivity index (χ0n) is 13.5. The van der Waals surface area contributed by atoms with Gasteiger partial charge in [-0.25, -0.2) is 4.79 Å². The van der Waals surface area contributed by atoms with Crippen LogP contribution in [0.1, 0.15) is 44.6 Å². The maximum atomic E-state index is 11.9. The van der Waals surface area contributed by atoms with E-state index in [1.807, 2.05) is 0 Å². The lowest BCUT2D eigenvalue weighted by Crippen LogP contribution is -2.41. The molecule has 3 fully saturated rings. The topological polar surface area (TPSA) is 92.2 Å². The van der Waals surface area contributed by atoms with Crippen molar-refractivity contribution in [3.8, 4) is 0 Å². The summed E-state index contributed by atoms with van der Waals surface area (Å²) < 4.78 is 2.17. The third kappa shape index (κ3) is 3.66. The first-order valence-electron chi connectivity index (χ1n) is 8.63. The van der Waals surface area contributed by atoms with E-state index in [-0.39, 0.29) is 17.7 Å². The molecular formula is C15H22N6O2S. The average molecular weight is 350 g/mol. The normalized spacial score (nSPS) is 20.2. The third-order valence-corrected chi connectivity index (χ3v) is 5.39. The molecule has 2 N–H and O–H groups in total. The van der Waals surface area contributed by atoms with Crippen molar-refractivity contribution in [3.05, 3.63) is 0 Å². The summed E-state index contributed by atoms with van der Waals surface area (Å²) in [7, 11) is 0. The monoisotopic (exact) mass is 350 g/mol. The van der Waals surface area contributed by atoms with Gasteiger partial charge in [-0.05, 0) is 38.5 Å². The minimum Gasteiger partial charge on any atom is -0.341 e. The number of nitrogens with one attached hydrogen (secondary N) is 2. The minimum atomic E-state index is -0.399. The molecule has 8 nitrogen and oxygen atoms in total. The van der Waals surface area contributed by atoms with Crippen molar-refractivity contribution in [2.24, 2.45) is 0 Å². The number of hydrogen-bond donors (Lipinski definition) is 2. The fourth-order valence-electron chi connectivity index (χ4n) is 2.89. The Bertz CT molecular complexity index is 634. The van der Waals surface area contributed by atoms with E-state index in [1.54, 1.807) is 0 Å². The molecule has 24 heavy (non-hydrogen) atoms. The van der Waals surface area contributed by atoms with Crippen molar-refractivity contribution < 1.29 is 9.59 Å². The van der Waals surface area contributed by atoms with Gasteiger partial charge in [-0.1, -0.05) is 11.8 Å². The van der Waals surface area contributed by atoms with Gasteiger partial charge in [0.05, 0.1) is 5.75 Å². The second-order valence-electron chi connectivity index (χ2n) is 6.66. The molecule has 0 spiro atoms. The maximum absolute atomic E-state index is 11.9. The van der Waals surface area contributed by atoms with E-state index in [2.05, 4.69) is 30.3 Å². The number of thioether (sulfide) groups is 1. The SMILES string of the molecule is O=C(CSc1nnc(N2CCCC2)n1C1CC1)NC(=O)NC1CC1. The molecule has 2 saturated carbocycles. The van der Waals surface area contributed by atoms with Crippen LogP contribution in [0, 0.1) is 0 Å². The highest BCUT2D eigenvalue weighted by atomic mass is 32.2. The van der Waals surface area contributed by atoms with Gasteiger partial charge in [0, 0.05) is 25.2 Å². The minimum absolute atomic E-state index is 0.170. The highest BCUT2D eigenvalue weighted by molar-refractivity contribution is 7.99. The van der Waals surface area contributed by atoms with Crippen LogP contribution in [0.5, 0.6) is 0 Å². The Kier molecular flexibility index (Phi) is 4.34. The number of imide groups is 1. The summed E-state index contributed by atoms with van der Waals surface area (Å²) in [5.41, 5.74) is 0. The van der Waals surface area contributed by atoms with Crippen LogP contribution in [0.15, 0.2) is 5.16 Å². The Balaban J connectivity index is 1.35. The molecule has 0 unspecified atom stereocenters. The Morgan fingerprint density at radius 3 is 2.54 bits per heavy atom. The number of anilines is 1. The van der Waals surface area contributed by atoms with Crippen molar-refractivity contribution in [1.29, 1.82) is 0 Å². The van der Waals surface area contributed by atoms with E-state index in [1.165, 1.54) is 24.6 Å². The Hall–Kier alpha value is -1.77. The first-order chi connectivity index (χ1) is 11.7. The largest absolute Gasteiger partial charge is 0.341 e. The molecule has 2 heterocycles. The lowest BCUT2D eigenvalue weighted by atomic mass is 10.4. The van der Waals surface area contributed by atoms with Gasteiger partial charge in [0.2, 0.25) is 11.9 Å². The van der Waals surface area contributed by atoms with Crippen LogP contribution in [-0.4, -0.2) is 51.6 Å². The lowest BCUT2D eigenvalue weighted by molar-refractivity contribution is -0.117. The average Bonchev–Trinajstić information content (AvgIpc) is 3.46. The van der Waals surface area contributed by atoms with E-state index < -0.39 is 6.03 Å². The van der Waals surface area contributed by atoms with Crippen LogP contribution >= 0.6 is 11.8 Å². The Morgan fingerprint density at radius 2 is 1.88 bits per heavy atom. The highest BCUT2D eigenvalue weighted by Gasteiger charge is 2.32. The van der Waals surface area contributed by atoms with Gasteiger partial charge in [0.25, 0.3) is 0 Å². The first-order valence-corrected chi connectivity index (χ1v) is 9.62. The zero-order chi connectivity index (χ0) is 16.5. The second kappa shape index (κ2) is 6.62. The van der Waals surface area contributed by atoms with Crippen LogP contribution in [0.3, 0.4) is 0 Å². The smallest absolute Gasteiger partial charge is 0.321 e. The van der Waals surface area contributed by atoms with Gasteiger partial charge < -0.3 is 10.2 Å². The Labute approximate surface area is 144 Å². The van der Waals surface area contributed by atoms with Crippen LogP contribution in [0.2, 0.25) is 0 Å². The fraction of sp³-hybridized carbons (Fsp3) is 0.733. The summed E-state index contributed by atoms with van der Waals surface area (Å²) in [6.45, 7) is 2.05. The molecule has 3 aliphatic rings. The number of amides is 3. The van der Waals surface area contributed by atoms with E-state index in [9.17, 15) is 9.59 Å². The predicted octanol–water partition coefficient (Wildman–Crippen LogP) is 1.29. The summed E-state index contributed by atoms with van der Waals surface area (Å²) in [6.07, 6.45) is 6.67. The van der Waals surface area contributed by atoms with Crippen LogP contribution < -0.4 is 15.5 Å². The van der Waals surface area contributed by atoms with Crippen molar-refractivity contribution in [2.45, 2.75) is 55.8 Å². The zero-order valence-corrected chi connectivity index (χ0v) is 14.3. The summed E-state index contributed by atoms with van der Waals surface area (Å²) in [5, 5.41) is 14.5. The fourth-order valence-corrected chi connectivity index (χ4v) is 3.70. The van der Waals surface area contributed by atoms with Gasteiger partial charge in [0.1, 0.15) is 0 Å². The molecule has 1 saturated heterocycles. The molecule has 0 radical (unpaired) electrons. The molecule has 0 bridgehead atoms. The summed E-state index contributed by atoms with van der Waals surface area (Å²) in [6, 6.07) is 0.301. The highest BCUT2D eigenvalue weighted by Crippen LogP contribution is 2.41. The lowest BCUT2D eigenvalue weighted by Gasteiger charge is -2.17. The maximum Gasteiger partial charge on any atom is 0.321 e. The van der Waals surface area contributed by atoms with Gasteiger partial charge in [-0.2, -0.15) is 0 Å². The molecule has 3 amide bonds. The molecular weight excluding hydrogens is 328 g/mol. The number of carbonyl (C=O) groups excluding carboxylic acids is 2. The summed E-state index contributed by atoms with van der Waals surface area (Å²) in [5.74, 6) is 0.804.